The molecular formula is C22H28FN5O. The van der Waals surface area contributed by atoms with Gasteiger partial charge in [0, 0.05) is 53.2 Å². The first-order valence-electron chi connectivity index (χ1n) is 10.1. The molecule has 0 radical (unpaired) electrons. The summed E-state index contributed by atoms with van der Waals surface area (Å²) < 4.78 is 16.8. The fourth-order valence-corrected chi connectivity index (χ4v) is 3.93. The van der Waals surface area contributed by atoms with E-state index in [2.05, 4.69) is 34.1 Å². The standard InChI is InChI=1S/C22H28FN5O/c1-14-10-20-17(12-27(14)2)8-9-28(20)13-16-7-6-15(11-18(16)23)22(25)26-29-21-5-3-4-19(21)24/h6-12,14,19,21H,3-5,13,24H2,1-2H3,(H2,25,26). The number of rotatable bonds is 5. The van der Waals surface area contributed by atoms with E-state index in [0.717, 1.165) is 29.8 Å². The molecule has 4 rings (SSSR count). The van der Waals surface area contributed by atoms with Crippen LogP contribution in [0, 0.1) is 11.2 Å². The molecule has 29 heavy (non-hydrogen) atoms. The quantitative estimate of drug-likeness (QED) is 0.403. The van der Waals surface area contributed by atoms with E-state index < -0.39 is 0 Å². The molecule has 2 aromatic rings. The molecule has 154 valence electrons. The van der Waals surface area contributed by atoms with E-state index in [1.54, 1.807) is 12.1 Å². The van der Waals surface area contributed by atoms with E-state index in [4.69, 9.17) is 16.0 Å². The summed E-state index contributed by atoms with van der Waals surface area (Å²) in [6.07, 6.45) is 9.01. The SMILES string of the molecule is CC1C=c2c(ccn2Cc2ccc(C(=N)NOC3CCCC3N)cc2F)=CN1C. The average molecular weight is 397 g/mol. The van der Waals surface area contributed by atoms with Crippen LogP contribution in [0.4, 0.5) is 4.39 Å². The van der Waals surface area contributed by atoms with Crippen LogP contribution in [-0.4, -0.2) is 40.5 Å². The van der Waals surface area contributed by atoms with Crippen LogP contribution in [0.5, 0.6) is 0 Å². The lowest BCUT2D eigenvalue weighted by Crippen LogP contribution is -2.40. The van der Waals surface area contributed by atoms with Crippen molar-refractivity contribution in [3.8, 4) is 0 Å². The molecule has 2 heterocycles. The molecule has 7 heteroatoms. The summed E-state index contributed by atoms with van der Waals surface area (Å²) in [4.78, 5) is 7.68. The number of nitrogens with zero attached hydrogens (tertiary/aromatic N) is 2. The minimum Gasteiger partial charge on any atom is -0.374 e. The predicted octanol–water partition coefficient (Wildman–Crippen LogP) is 1.25. The van der Waals surface area contributed by atoms with Crippen LogP contribution in [0.25, 0.3) is 12.3 Å². The molecule has 2 aliphatic rings. The smallest absolute Gasteiger partial charge is 0.149 e. The van der Waals surface area contributed by atoms with Gasteiger partial charge in [0.2, 0.25) is 0 Å². The summed E-state index contributed by atoms with van der Waals surface area (Å²) in [5.74, 6) is -0.299. The Hall–Kier alpha value is -2.64. The third-order valence-electron chi connectivity index (χ3n) is 5.92. The van der Waals surface area contributed by atoms with Gasteiger partial charge in [0.1, 0.15) is 17.8 Å². The highest BCUT2D eigenvalue weighted by Gasteiger charge is 2.25. The number of fused-ring (bicyclic) bond motifs is 1. The number of amidine groups is 1. The maximum absolute atomic E-state index is 14.8. The molecule has 3 atom stereocenters. The molecular weight excluding hydrogens is 369 g/mol. The summed E-state index contributed by atoms with van der Waals surface area (Å²) in [6, 6.07) is 7.18. The second-order valence-electron chi connectivity index (χ2n) is 8.02. The summed E-state index contributed by atoms with van der Waals surface area (Å²) in [5, 5.41) is 10.4. The average Bonchev–Trinajstić information content (AvgIpc) is 3.28. The van der Waals surface area contributed by atoms with Crippen LogP contribution in [0.15, 0.2) is 30.5 Å². The lowest BCUT2D eigenvalue weighted by molar-refractivity contribution is 0.00602. The molecule has 0 bridgehead atoms. The van der Waals surface area contributed by atoms with Gasteiger partial charge in [0.25, 0.3) is 0 Å². The Balaban J connectivity index is 1.47. The predicted molar refractivity (Wildman–Crippen MR) is 112 cm³/mol. The molecule has 6 nitrogen and oxygen atoms in total. The monoisotopic (exact) mass is 397 g/mol. The number of aromatic nitrogens is 1. The Morgan fingerprint density at radius 2 is 2.17 bits per heavy atom. The lowest BCUT2D eigenvalue weighted by atomic mass is 10.1. The van der Waals surface area contributed by atoms with Crippen LogP contribution in [-0.2, 0) is 11.4 Å². The number of hydrogen-bond donors (Lipinski definition) is 3. The number of hydroxylamine groups is 1. The van der Waals surface area contributed by atoms with Gasteiger partial charge in [-0.15, -0.1) is 0 Å². The van der Waals surface area contributed by atoms with Gasteiger partial charge in [0.15, 0.2) is 0 Å². The molecule has 1 aromatic carbocycles. The Bertz CT molecular complexity index is 1030. The Labute approximate surface area is 169 Å². The van der Waals surface area contributed by atoms with E-state index in [1.165, 1.54) is 6.07 Å². The van der Waals surface area contributed by atoms with Crippen molar-refractivity contribution in [3.63, 3.8) is 0 Å². The highest BCUT2D eigenvalue weighted by atomic mass is 19.1. The van der Waals surface area contributed by atoms with Crippen molar-refractivity contribution < 1.29 is 9.23 Å². The number of hydrogen-bond acceptors (Lipinski definition) is 4. The zero-order valence-corrected chi connectivity index (χ0v) is 16.9. The van der Waals surface area contributed by atoms with Gasteiger partial charge in [0.05, 0.1) is 6.54 Å². The van der Waals surface area contributed by atoms with Gasteiger partial charge in [-0.25, -0.2) is 9.87 Å². The van der Waals surface area contributed by atoms with Crippen molar-refractivity contribution in [3.05, 3.63) is 58.0 Å². The third kappa shape index (κ3) is 4.06. The van der Waals surface area contributed by atoms with Crippen molar-refractivity contribution in [2.24, 2.45) is 5.73 Å². The molecule has 3 unspecified atom stereocenters. The number of halogens is 1. The second kappa shape index (κ2) is 8.00. The summed E-state index contributed by atoms with van der Waals surface area (Å²) in [6.45, 7) is 2.57. The molecule has 4 N–H and O–H groups in total. The van der Waals surface area contributed by atoms with Crippen molar-refractivity contribution in [2.45, 2.75) is 50.9 Å². The van der Waals surface area contributed by atoms with Crippen molar-refractivity contribution in [1.82, 2.24) is 14.9 Å². The van der Waals surface area contributed by atoms with E-state index in [9.17, 15) is 4.39 Å². The Kier molecular flexibility index (Phi) is 5.43. The Morgan fingerprint density at radius 1 is 1.34 bits per heavy atom. The first-order chi connectivity index (χ1) is 13.9. The molecule has 1 aliphatic heterocycles. The van der Waals surface area contributed by atoms with Crippen molar-refractivity contribution in [1.29, 1.82) is 5.41 Å². The van der Waals surface area contributed by atoms with Crippen LogP contribution >= 0.6 is 0 Å². The molecule has 0 saturated heterocycles. The maximum atomic E-state index is 14.8. The van der Waals surface area contributed by atoms with Crippen LogP contribution < -0.4 is 21.8 Å². The molecule has 0 spiro atoms. The second-order valence-corrected chi connectivity index (χ2v) is 8.02. The summed E-state index contributed by atoms with van der Waals surface area (Å²) >= 11 is 0. The third-order valence-corrected chi connectivity index (χ3v) is 5.92. The fraction of sp³-hybridized carbons (Fsp3) is 0.409. The van der Waals surface area contributed by atoms with Crippen molar-refractivity contribution >= 4 is 18.1 Å². The van der Waals surface area contributed by atoms with Crippen LogP contribution in [0.3, 0.4) is 0 Å². The highest BCUT2D eigenvalue weighted by molar-refractivity contribution is 5.95. The first kappa shape index (κ1) is 19.7. The van der Waals surface area contributed by atoms with Gasteiger partial charge in [-0.1, -0.05) is 12.1 Å². The number of nitrogens with two attached hydrogens (primary N) is 1. The largest absolute Gasteiger partial charge is 0.374 e. The fourth-order valence-electron chi connectivity index (χ4n) is 3.93. The lowest BCUT2D eigenvalue weighted by Gasteiger charge is -2.22. The van der Waals surface area contributed by atoms with E-state index >= 15 is 0 Å². The van der Waals surface area contributed by atoms with Crippen LogP contribution in [0.1, 0.15) is 37.3 Å². The maximum Gasteiger partial charge on any atom is 0.149 e. The summed E-state index contributed by atoms with van der Waals surface area (Å²) in [7, 11) is 2.05. The van der Waals surface area contributed by atoms with E-state index in [1.807, 2.05) is 19.3 Å². The van der Waals surface area contributed by atoms with Gasteiger partial charge in [-0.3, -0.25) is 10.2 Å². The zero-order chi connectivity index (χ0) is 20.5. The van der Waals surface area contributed by atoms with Gasteiger partial charge < -0.3 is 15.2 Å². The number of nitrogens with one attached hydrogen (secondary N) is 2. The van der Waals surface area contributed by atoms with Crippen LogP contribution in [0.2, 0.25) is 0 Å². The Morgan fingerprint density at radius 3 is 2.90 bits per heavy atom. The highest BCUT2D eigenvalue weighted by Crippen LogP contribution is 2.19. The molecule has 1 saturated carbocycles. The van der Waals surface area contributed by atoms with Gasteiger partial charge >= 0.3 is 0 Å². The minimum absolute atomic E-state index is 0.0153. The normalized spacial score (nSPS) is 23.3. The topological polar surface area (TPSA) is 79.3 Å². The molecule has 0 amide bonds. The zero-order valence-electron chi connectivity index (χ0n) is 16.9. The molecule has 1 fully saturated rings. The summed E-state index contributed by atoms with van der Waals surface area (Å²) in [5.41, 5.74) is 9.63. The number of benzene rings is 1. The van der Waals surface area contributed by atoms with Crippen molar-refractivity contribution in [2.75, 3.05) is 7.05 Å². The molecule has 1 aromatic heterocycles. The van der Waals surface area contributed by atoms with E-state index in [0.29, 0.717) is 23.7 Å². The molecule has 1 aliphatic carbocycles. The minimum atomic E-state index is -0.334. The first-order valence-corrected chi connectivity index (χ1v) is 10.1. The van der Waals surface area contributed by atoms with Gasteiger partial charge in [-0.2, -0.15) is 0 Å². The van der Waals surface area contributed by atoms with E-state index in [-0.39, 0.29) is 23.8 Å². The van der Waals surface area contributed by atoms with Gasteiger partial charge in [-0.05, 0) is 44.4 Å².